The van der Waals surface area contributed by atoms with E-state index in [-0.39, 0.29) is 11.4 Å². The largest absolute Gasteiger partial charge is 0.480 e. The van der Waals surface area contributed by atoms with Gasteiger partial charge < -0.3 is 15.0 Å². The average Bonchev–Trinajstić information content (AvgIpc) is 2.36. The number of anilines is 1. The third-order valence-corrected chi connectivity index (χ3v) is 2.71. The van der Waals surface area contributed by atoms with E-state index in [0.29, 0.717) is 13.0 Å². The minimum atomic E-state index is -0.962. The van der Waals surface area contributed by atoms with Gasteiger partial charge in [-0.25, -0.2) is 9.78 Å². The Balaban J connectivity index is 2.87. The van der Waals surface area contributed by atoms with Crippen LogP contribution in [-0.4, -0.2) is 26.7 Å². The van der Waals surface area contributed by atoms with E-state index < -0.39 is 12.0 Å². The van der Waals surface area contributed by atoms with Gasteiger partial charge >= 0.3 is 5.97 Å². The molecule has 0 aromatic carbocycles. The van der Waals surface area contributed by atoms with Crippen molar-refractivity contribution in [2.45, 2.75) is 45.7 Å². The number of hydrogen-bond donors (Lipinski definition) is 2. The second-order valence-corrected chi connectivity index (χ2v) is 4.04. The molecule has 18 heavy (non-hydrogen) atoms. The monoisotopic (exact) mass is 253 g/mol. The summed E-state index contributed by atoms with van der Waals surface area (Å²) in [6.07, 6.45) is 5.25. The fourth-order valence-electron chi connectivity index (χ4n) is 1.63. The zero-order valence-electron chi connectivity index (χ0n) is 10.7. The molecule has 1 unspecified atom stereocenters. The molecule has 0 aliphatic carbocycles. The van der Waals surface area contributed by atoms with Crippen LogP contribution in [-0.2, 0) is 11.3 Å². The number of unbranched alkanes of at least 4 members (excludes halogenated alkanes) is 1. The van der Waals surface area contributed by atoms with E-state index >= 15 is 0 Å². The molecule has 1 atom stereocenters. The SMILES string of the molecule is CCCCC(Nc1nccn(CC)c1=O)C(=O)O. The highest BCUT2D eigenvalue weighted by atomic mass is 16.4. The number of nitrogens with zero attached hydrogens (tertiary/aromatic N) is 2. The minimum Gasteiger partial charge on any atom is -0.480 e. The first-order chi connectivity index (χ1) is 8.60. The Kier molecular flexibility index (Phi) is 5.35. The summed E-state index contributed by atoms with van der Waals surface area (Å²) in [5.74, 6) is -0.862. The van der Waals surface area contributed by atoms with Gasteiger partial charge in [-0.2, -0.15) is 0 Å². The van der Waals surface area contributed by atoms with Crippen molar-refractivity contribution in [1.82, 2.24) is 9.55 Å². The molecule has 1 rings (SSSR count). The number of aryl methyl sites for hydroxylation is 1. The van der Waals surface area contributed by atoms with Crippen molar-refractivity contribution in [3.8, 4) is 0 Å². The first kappa shape index (κ1) is 14.2. The van der Waals surface area contributed by atoms with Crippen molar-refractivity contribution < 1.29 is 9.90 Å². The van der Waals surface area contributed by atoms with E-state index in [1.54, 1.807) is 6.20 Å². The van der Waals surface area contributed by atoms with E-state index in [9.17, 15) is 9.59 Å². The van der Waals surface area contributed by atoms with E-state index in [2.05, 4.69) is 10.3 Å². The Hall–Kier alpha value is -1.85. The molecule has 0 amide bonds. The molecule has 100 valence electrons. The topological polar surface area (TPSA) is 84.2 Å². The first-order valence-corrected chi connectivity index (χ1v) is 6.14. The molecule has 2 N–H and O–H groups in total. The smallest absolute Gasteiger partial charge is 0.326 e. The van der Waals surface area contributed by atoms with Crippen LogP contribution in [0.25, 0.3) is 0 Å². The van der Waals surface area contributed by atoms with Crippen LogP contribution >= 0.6 is 0 Å². The molecule has 1 aromatic heterocycles. The number of hydrogen-bond acceptors (Lipinski definition) is 4. The standard InChI is InChI=1S/C12H19N3O3/c1-3-5-6-9(12(17)18)14-10-11(16)15(4-2)8-7-13-10/h7-9H,3-6H2,1-2H3,(H,13,14)(H,17,18). The summed E-state index contributed by atoms with van der Waals surface area (Å²) in [5, 5.41) is 11.8. The van der Waals surface area contributed by atoms with Crippen molar-refractivity contribution in [2.24, 2.45) is 0 Å². The van der Waals surface area contributed by atoms with Crippen LogP contribution in [0.15, 0.2) is 17.2 Å². The van der Waals surface area contributed by atoms with Crippen LogP contribution in [0.1, 0.15) is 33.1 Å². The fourth-order valence-corrected chi connectivity index (χ4v) is 1.63. The molecule has 0 saturated heterocycles. The summed E-state index contributed by atoms with van der Waals surface area (Å²) in [4.78, 5) is 26.9. The average molecular weight is 253 g/mol. The predicted molar refractivity (Wildman–Crippen MR) is 68.7 cm³/mol. The van der Waals surface area contributed by atoms with Crippen LogP contribution in [0, 0.1) is 0 Å². The summed E-state index contributed by atoms with van der Waals surface area (Å²) < 4.78 is 1.48. The van der Waals surface area contributed by atoms with Crippen molar-refractivity contribution in [2.75, 3.05) is 5.32 Å². The van der Waals surface area contributed by atoms with E-state index in [1.165, 1.54) is 10.8 Å². The molecular formula is C12H19N3O3. The Morgan fingerprint density at radius 1 is 1.56 bits per heavy atom. The molecule has 0 aliphatic rings. The number of aromatic nitrogens is 2. The van der Waals surface area contributed by atoms with Gasteiger partial charge in [0.25, 0.3) is 5.56 Å². The Labute approximate surface area is 106 Å². The molecular weight excluding hydrogens is 234 g/mol. The molecule has 0 aliphatic heterocycles. The highest BCUT2D eigenvalue weighted by Crippen LogP contribution is 2.06. The molecule has 1 aromatic rings. The molecule has 0 saturated carbocycles. The molecule has 6 heteroatoms. The molecule has 6 nitrogen and oxygen atoms in total. The lowest BCUT2D eigenvalue weighted by atomic mass is 10.1. The number of carboxylic acids is 1. The number of carboxylic acid groups (broad SMARTS) is 1. The molecule has 0 fully saturated rings. The van der Waals surface area contributed by atoms with Crippen LogP contribution in [0.3, 0.4) is 0 Å². The molecule has 0 bridgehead atoms. The number of carbonyl (C=O) groups is 1. The quantitative estimate of drug-likeness (QED) is 0.765. The van der Waals surface area contributed by atoms with Crippen LogP contribution < -0.4 is 10.9 Å². The van der Waals surface area contributed by atoms with Gasteiger partial charge in [-0.1, -0.05) is 19.8 Å². The van der Waals surface area contributed by atoms with Crippen molar-refractivity contribution >= 4 is 11.8 Å². The summed E-state index contributed by atoms with van der Waals surface area (Å²) >= 11 is 0. The van der Waals surface area contributed by atoms with Gasteiger partial charge in [-0.3, -0.25) is 4.79 Å². The lowest BCUT2D eigenvalue weighted by molar-refractivity contribution is -0.138. The van der Waals surface area contributed by atoms with Gasteiger partial charge in [0.1, 0.15) is 6.04 Å². The highest BCUT2D eigenvalue weighted by molar-refractivity contribution is 5.76. The van der Waals surface area contributed by atoms with Crippen LogP contribution in [0.5, 0.6) is 0 Å². The molecule has 1 heterocycles. The van der Waals surface area contributed by atoms with Gasteiger partial charge in [-0.05, 0) is 13.3 Å². The third-order valence-electron chi connectivity index (χ3n) is 2.71. The van der Waals surface area contributed by atoms with Crippen molar-refractivity contribution in [3.63, 3.8) is 0 Å². The van der Waals surface area contributed by atoms with Crippen molar-refractivity contribution in [3.05, 3.63) is 22.7 Å². The van der Waals surface area contributed by atoms with Gasteiger partial charge in [0, 0.05) is 18.9 Å². The zero-order chi connectivity index (χ0) is 13.5. The molecule has 0 radical (unpaired) electrons. The fraction of sp³-hybridized carbons (Fsp3) is 0.583. The second kappa shape index (κ2) is 6.78. The maximum Gasteiger partial charge on any atom is 0.326 e. The normalized spacial score (nSPS) is 12.1. The van der Waals surface area contributed by atoms with Gasteiger partial charge in [-0.15, -0.1) is 0 Å². The second-order valence-electron chi connectivity index (χ2n) is 4.04. The van der Waals surface area contributed by atoms with Gasteiger partial charge in [0.05, 0.1) is 0 Å². The Morgan fingerprint density at radius 2 is 2.28 bits per heavy atom. The Bertz CT molecular complexity index is 456. The maximum atomic E-state index is 11.9. The summed E-state index contributed by atoms with van der Waals surface area (Å²) in [5.41, 5.74) is -0.289. The molecule has 0 spiro atoms. The lowest BCUT2D eigenvalue weighted by Gasteiger charge is -2.14. The van der Waals surface area contributed by atoms with Crippen LogP contribution in [0.2, 0.25) is 0 Å². The maximum absolute atomic E-state index is 11.9. The van der Waals surface area contributed by atoms with E-state index in [4.69, 9.17) is 5.11 Å². The number of nitrogens with one attached hydrogen (secondary N) is 1. The third kappa shape index (κ3) is 3.58. The van der Waals surface area contributed by atoms with Crippen LogP contribution in [0.4, 0.5) is 5.82 Å². The van der Waals surface area contributed by atoms with E-state index in [0.717, 1.165) is 12.8 Å². The highest BCUT2D eigenvalue weighted by Gasteiger charge is 2.18. The van der Waals surface area contributed by atoms with Gasteiger partial charge in [0.15, 0.2) is 5.82 Å². The van der Waals surface area contributed by atoms with E-state index in [1.807, 2.05) is 13.8 Å². The predicted octanol–water partition coefficient (Wildman–Crippen LogP) is 1.32. The van der Waals surface area contributed by atoms with Crippen molar-refractivity contribution in [1.29, 1.82) is 0 Å². The number of aliphatic carboxylic acids is 1. The first-order valence-electron chi connectivity index (χ1n) is 6.14. The number of rotatable bonds is 7. The summed E-state index contributed by atoms with van der Waals surface area (Å²) in [6.45, 7) is 4.36. The Morgan fingerprint density at radius 3 is 2.83 bits per heavy atom. The zero-order valence-corrected chi connectivity index (χ0v) is 10.7. The summed E-state index contributed by atoms with van der Waals surface area (Å²) in [6, 6.07) is -0.766. The lowest BCUT2D eigenvalue weighted by Crippen LogP contribution is -2.34. The van der Waals surface area contributed by atoms with Gasteiger partial charge in [0.2, 0.25) is 0 Å². The summed E-state index contributed by atoms with van der Waals surface area (Å²) in [7, 11) is 0. The minimum absolute atomic E-state index is 0.0999.